The van der Waals surface area contributed by atoms with Crippen LogP contribution in [0.25, 0.3) is 11.0 Å². The molecule has 0 radical (unpaired) electrons. The molecule has 2 heterocycles. The number of benzene rings is 1. The number of rotatable bonds is 6. The molecule has 124 valence electrons. The predicted molar refractivity (Wildman–Crippen MR) is 87.5 cm³/mol. The van der Waals surface area contributed by atoms with Gasteiger partial charge in [0, 0.05) is 32.2 Å². The van der Waals surface area contributed by atoms with Crippen LogP contribution in [0.15, 0.2) is 18.2 Å². The number of aromatic amines is 1. The van der Waals surface area contributed by atoms with E-state index >= 15 is 0 Å². The van der Waals surface area contributed by atoms with Gasteiger partial charge >= 0.3 is 0 Å². The maximum atomic E-state index is 12.5. The number of hydrogen-bond acceptors (Lipinski definition) is 4. The molecule has 0 unspecified atom stereocenters. The minimum atomic E-state index is 0.0230. The highest BCUT2D eigenvalue weighted by Crippen LogP contribution is 2.19. The Morgan fingerprint density at radius 1 is 1.52 bits per heavy atom. The summed E-state index contributed by atoms with van der Waals surface area (Å²) in [5.74, 6) is 1.92. The molecule has 1 aliphatic heterocycles. The molecule has 1 aromatic carbocycles. The number of carbonyl (C=O) groups is 1. The van der Waals surface area contributed by atoms with Crippen molar-refractivity contribution in [1.82, 2.24) is 14.9 Å². The first-order valence-electron chi connectivity index (χ1n) is 8.10. The number of hydrogen-bond donors (Lipinski definition) is 1. The van der Waals surface area contributed by atoms with Crippen LogP contribution in [0.3, 0.4) is 0 Å². The Labute approximate surface area is 135 Å². The molecule has 6 nitrogen and oxygen atoms in total. The van der Waals surface area contributed by atoms with Crippen LogP contribution in [0.5, 0.6) is 5.75 Å². The van der Waals surface area contributed by atoms with Crippen LogP contribution in [0.1, 0.15) is 19.2 Å². The van der Waals surface area contributed by atoms with Crippen molar-refractivity contribution in [2.45, 2.75) is 19.8 Å². The normalized spacial score (nSPS) is 17.6. The number of amides is 1. The number of nitrogens with zero attached hydrogens (tertiary/aromatic N) is 2. The maximum Gasteiger partial charge on any atom is 0.228 e. The largest absolute Gasteiger partial charge is 0.497 e. The van der Waals surface area contributed by atoms with Gasteiger partial charge in [0.15, 0.2) is 0 Å². The first-order chi connectivity index (χ1) is 11.2. The summed E-state index contributed by atoms with van der Waals surface area (Å²) in [5, 5.41) is 0. The van der Waals surface area contributed by atoms with Gasteiger partial charge in [-0.15, -0.1) is 0 Å². The van der Waals surface area contributed by atoms with E-state index in [2.05, 4.69) is 9.97 Å². The molecule has 0 saturated carbocycles. The first kappa shape index (κ1) is 15.8. The standard InChI is InChI=1S/C17H23N3O3/c1-3-20(17(21)12-7-9-23-11-12)8-6-16-18-14-5-4-13(22-2)10-15(14)19-16/h4-5,10,12H,3,6-9,11H2,1-2H3,(H,18,19)/t12-/m0/s1. The average molecular weight is 317 g/mol. The molecule has 0 spiro atoms. The molecule has 3 rings (SSSR count). The van der Waals surface area contributed by atoms with Gasteiger partial charge in [0.2, 0.25) is 5.91 Å². The monoisotopic (exact) mass is 317 g/mol. The van der Waals surface area contributed by atoms with Gasteiger partial charge in [0.1, 0.15) is 11.6 Å². The third kappa shape index (κ3) is 3.47. The Kier molecular flexibility index (Phi) is 4.81. The smallest absolute Gasteiger partial charge is 0.228 e. The van der Waals surface area contributed by atoms with Gasteiger partial charge in [-0.25, -0.2) is 4.98 Å². The van der Waals surface area contributed by atoms with Crippen molar-refractivity contribution in [1.29, 1.82) is 0 Å². The van der Waals surface area contributed by atoms with Crippen molar-refractivity contribution in [2.75, 3.05) is 33.4 Å². The molecule has 23 heavy (non-hydrogen) atoms. The van der Waals surface area contributed by atoms with E-state index in [1.807, 2.05) is 30.0 Å². The molecule has 1 N–H and O–H groups in total. The third-order valence-electron chi connectivity index (χ3n) is 4.33. The minimum absolute atomic E-state index is 0.0230. The molecule has 0 aliphatic carbocycles. The van der Waals surface area contributed by atoms with Gasteiger partial charge in [0.05, 0.1) is 30.7 Å². The van der Waals surface area contributed by atoms with Gasteiger partial charge in [-0.05, 0) is 25.5 Å². The predicted octanol–water partition coefficient (Wildman–Crippen LogP) is 2.00. The quantitative estimate of drug-likeness (QED) is 0.885. The third-order valence-corrected chi connectivity index (χ3v) is 4.33. The van der Waals surface area contributed by atoms with Gasteiger partial charge in [-0.3, -0.25) is 4.79 Å². The van der Waals surface area contributed by atoms with Gasteiger partial charge in [-0.2, -0.15) is 0 Å². The first-order valence-corrected chi connectivity index (χ1v) is 8.10. The highest BCUT2D eigenvalue weighted by molar-refractivity contribution is 5.79. The van der Waals surface area contributed by atoms with Crippen molar-refractivity contribution >= 4 is 16.9 Å². The summed E-state index contributed by atoms with van der Waals surface area (Å²) in [5.41, 5.74) is 1.87. The second kappa shape index (κ2) is 7.00. The van der Waals surface area contributed by atoms with Crippen LogP contribution in [0.2, 0.25) is 0 Å². The molecular formula is C17H23N3O3. The van der Waals surface area contributed by atoms with Crippen LogP contribution < -0.4 is 4.74 Å². The lowest BCUT2D eigenvalue weighted by atomic mass is 10.1. The van der Waals surface area contributed by atoms with Crippen molar-refractivity contribution in [3.8, 4) is 5.75 Å². The Morgan fingerprint density at radius 3 is 3.09 bits per heavy atom. The second-order valence-electron chi connectivity index (χ2n) is 5.79. The summed E-state index contributed by atoms with van der Waals surface area (Å²) in [6, 6.07) is 5.77. The van der Waals surface area contributed by atoms with Crippen LogP contribution in [0, 0.1) is 5.92 Å². The van der Waals surface area contributed by atoms with E-state index in [4.69, 9.17) is 9.47 Å². The molecule has 1 fully saturated rings. The zero-order chi connectivity index (χ0) is 16.2. The Balaban J connectivity index is 1.65. The summed E-state index contributed by atoms with van der Waals surface area (Å²) in [6.07, 6.45) is 1.55. The van der Waals surface area contributed by atoms with E-state index < -0.39 is 0 Å². The lowest BCUT2D eigenvalue weighted by Gasteiger charge is -2.23. The minimum Gasteiger partial charge on any atom is -0.497 e. The fourth-order valence-electron chi connectivity index (χ4n) is 2.94. The van der Waals surface area contributed by atoms with Gasteiger partial charge < -0.3 is 19.4 Å². The van der Waals surface area contributed by atoms with Crippen molar-refractivity contribution in [3.63, 3.8) is 0 Å². The zero-order valence-electron chi connectivity index (χ0n) is 13.7. The number of aromatic nitrogens is 2. The number of nitrogens with one attached hydrogen (secondary N) is 1. The average Bonchev–Trinajstić information content (AvgIpc) is 3.23. The van der Waals surface area contributed by atoms with Gasteiger partial charge in [-0.1, -0.05) is 0 Å². The summed E-state index contributed by atoms with van der Waals surface area (Å²) in [6.45, 7) is 4.64. The van der Waals surface area contributed by atoms with E-state index in [-0.39, 0.29) is 11.8 Å². The van der Waals surface area contributed by atoms with Crippen molar-refractivity contribution < 1.29 is 14.3 Å². The second-order valence-corrected chi connectivity index (χ2v) is 5.79. The van der Waals surface area contributed by atoms with Gasteiger partial charge in [0.25, 0.3) is 0 Å². The molecule has 2 aromatic rings. The summed E-state index contributed by atoms with van der Waals surface area (Å²) in [7, 11) is 1.65. The number of fused-ring (bicyclic) bond motifs is 1. The number of methoxy groups -OCH3 is 1. The highest BCUT2D eigenvalue weighted by atomic mass is 16.5. The Morgan fingerprint density at radius 2 is 2.39 bits per heavy atom. The summed E-state index contributed by atoms with van der Waals surface area (Å²) < 4.78 is 10.5. The highest BCUT2D eigenvalue weighted by Gasteiger charge is 2.27. The number of likely N-dealkylation sites (N-methyl/N-ethyl adjacent to an activating group) is 1. The molecular weight excluding hydrogens is 294 g/mol. The van der Waals surface area contributed by atoms with E-state index in [1.165, 1.54) is 0 Å². The Bertz CT molecular complexity index is 677. The fraction of sp³-hybridized carbons (Fsp3) is 0.529. The molecule has 1 aromatic heterocycles. The molecule has 1 atom stereocenters. The SMILES string of the molecule is CCN(CCc1nc2ccc(OC)cc2[nH]1)C(=O)[C@H]1CCOC1. The van der Waals surface area contributed by atoms with Crippen LogP contribution in [0.4, 0.5) is 0 Å². The summed E-state index contributed by atoms with van der Waals surface area (Å²) in [4.78, 5) is 22.2. The van der Waals surface area contributed by atoms with E-state index in [0.29, 0.717) is 32.7 Å². The number of ether oxygens (including phenoxy) is 2. The molecule has 0 bridgehead atoms. The Hall–Kier alpha value is -2.08. The van der Waals surface area contributed by atoms with Crippen molar-refractivity contribution in [3.05, 3.63) is 24.0 Å². The topological polar surface area (TPSA) is 67.5 Å². The number of imidazole rings is 1. The maximum absolute atomic E-state index is 12.5. The molecule has 6 heteroatoms. The van der Waals surface area contributed by atoms with Crippen molar-refractivity contribution in [2.24, 2.45) is 5.92 Å². The van der Waals surface area contributed by atoms with Crippen LogP contribution in [-0.2, 0) is 16.0 Å². The van der Waals surface area contributed by atoms with E-state index in [9.17, 15) is 4.79 Å². The number of H-pyrrole nitrogens is 1. The molecule has 1 saturated heterocycles. The molecule has 1 amide bonds. The molecule has 1 aliphatic rings. The number of carbonyl (C=O) groups excluding carboxylic acids is 1. The van der Waals surface area contributed by atoms with E-state index in [0.717, 1.165) is 29.0 Å². The summed E-state index contributed by atoms with van der Waals surface area (Å²) >= 11 is 0. The van der Waals surface area contributed by atoms with E-state index in [1.54, 1.807) is 7.11 Å². The lowest BCUT2D eigenvalue weighted by Crippen LogP contribution is -2.37. The van der Waals surface area contributed by atoms with Crippen LogP contribution in [-0.4, -0.2) is 54.2 Å². The fourth-order valence-corrected chi connectivity index (χ4v) is 2.94. The zero-order valence-corrected chi connectivity index (χ0v) is 13.7. The lowest BCUT2D eigenvalue weighted by molar-refractivity contribution is -0.135. The van der Waals surface area contributed by atoms with Crippen LogP contribution >= 0.6 is 0 Å².